The highest BCUT2D eigenvalue weighted by Crippen LogP contribution is 2.33. The van der Waals surface area contributed by atoms with E-state index in [4.69, 9.17) is 17.3 Å². The van der Waals surface area contributed by atoms with Gasteiger partial charge in [-0.3, -0.25) is 4.90 Å². The molecule has 2 atom stereocenters. The lowest BCUT2D eigenvalue weighted by Crippen LogP contribution is -2.23. The van der Waals surface area contributed by atoms with Crippen molar-refractivity contribution in [3.8, 4) is 0 Å². The molecule has 0 radical (unpaired) electrons. The molecular formula is C18H21Cl2FN2. The minimum absolute atomic E-state index is 0. The minimum Gasteiger partial charge on any atom is -0.330 e. The van der Waals surface area contributed by atoms with Gasteiger partial charge in [-0.1, -0.05) is 48.0 Å². The summed E-state index contributed by atoms with van der Waals surface area (Å²) in [6, 6.07) is 15.3. The third-order valence-electron chi connectivity index (χ3n) is 4.49. The standard InChI is InChI=1S/C18H20ClFN2.ClH/c19-17-7-4-8-18(20)16(17)12-22-10-14(9-21)15(11-22)13-5-2-1-3-6-13;/h1-8,14-15H,9-12,21H2;1H/t14-,15+;/m1./s1. The van der Waals surface area contributed by atoms with E-state index in [2.05, 4.69) is 29.2 Å². The van der Waals surface area contributed by atoms with Crippen molar-refractivity contribution < 1.29 is 4.39 Å². The zero-order valence-electron chi connectivity index (χ0n) is 12.8. The van der Waals surface area contributed by atoms with Crippen molar-refractivity contribution in [3.63, 3.8) is 0 Å². The molecule has 0 bridgehead atoms. The van der Waals surface area contributed by atoms with Crippen LogP contribution < -0.4 is 5.73 Å². The van der Waals surface area contributed by atoms with Crippen LogP contribution in [0.4, 0.5) is 4.39 Å². The average molecular weight is 355 g/mol. The van der Waals surface area contributed by atoms with Crippen molar-refractivity contribution in [3.05, 3.63) is 70.5 Å². The average Bonchev–Trinajstić information content (AvgIpc) is 2.95. The number of rotatable bonds is 4. The third kappa shape index (κ3) is 4.04. The predicted molar refractivity (Wildman–Crippen MR) is 95.7 cm³/mol. The summed E-state index contributed by atoms with van der Waals surface area (Å²) in [7, 11) is 0. The molecule has 2 N–H and O–H groups in total. The second-order valence-corrected chi connectivity index (χ2v) is 6.31. The van der Waals surface area contributed by atoms with Gasteiger partial charge < -0.3 is 5.73 Å². The third-order valence-corrected chi connectivity index (χ3v) is 4.84. The van der Waals surface area contributed by atoms with Gasteiger partial charge >= 0.3 is 0 Å². The van der Waals surface area contributed by atoms with Crippen LogP contribution in [0.1, 0.15) is 17.0 Å². The van der Waals surface area contributed by atoms with E-state index < -0.39 is 0 Å². The summed E-state index contributed by atoms with van der Waals surface area (Å²) in [6.07, 6.45) is 0. The first-order valence-electron chi connectivity index (χ1n) is 7.59. The van der Waals surface area contributed by atoms with Gasteiger partial charge in [-0.05, 0) is 30.2 Å². The lowest BCUT2D eigenvalue weighted by molar-refractivity contribution is 0.311. The molecule has 0 amide bonds. The molecule has 0 aliphatic carbocycles. The van der Waals surface area contributed by atoms with Gasteiger partial charge in [-0.25, -0.2) is 4.39 Å². The van der Waals surface area contributed by atoms with Crippen LogP contribution in [-0.4, -0.2) is 24.5 Å². The second kappa shape index (κ2) is 8.11. The SMILES string of the molecule is Cl.NC[C@@H]1CN(Cc2c(F)cccc2Cl)C[C@H]1c1ccccc1. The Bertz CT molecular complexity index is 616. The van der Waals surface area contributed by atoms with Crippen LogP contribution in [-0.2, 0) is 6.54 Å². The quantitative estimate of drug-likeness (QED) is 0.896. The number of hydrogen-bond donors (Lipinski definition) is 1. The number of hydrogen-bond acceptors (Lipinski definition) is 2. The number of likely N-dealkylation sites (tertiary alicyclic amines) is 1. The molecule has 2 aromatic rings. The fourth-order valence-electron chi connectivity index (χ4n) is 3.31. The monoisotopic (exact) mass is 354 g/mol. The summed E-state index contributed by atoms with van der Waals surface area (Å²) in [5, 5.41) is 0.493. The van der Waals surface area contributed by atoms with E-state index in [1.54, 1.807) is 12.1 Å². The summed E-state index contributed by atoms with van der Waals surface area (Å²) < 4.78 is 14.0. The molecule has 1 heterocycles. The first-order chi connectivity index (χ1) is 10.7. The van der Waals surface area contributed by atoms with E-state index >= 15 is 0 Å². The zero-order valence-corrected chi connectivity index (χ0v) is 14.4. The lowest BCUT2D eigenvalue weighted by atomic mass is 9.89. The molecule has 3 rings (SSSR count). The van der Waals surface area contributed by atoms with Crippen LogP contribution in [0.3, 0.4) is 0 Å². The molecule has 5 heteroatoms. The second-order valence-electron chi connectivity index (χ2n) is 5.91. The van der Waals surface area contributed by atoms with Crippen LogP contribution in [0.5, 0.6) is 0 Å². The van der Waals surface area contributed by atoms with Gasteiger partial charge in [0.1, 0.15) is 5.82 Å². The van der Waals surface area contributed by atoms with Gasteiger partial charge in [0, 0.05) is 36.1 Å². The van der Waals surface area contributed by atoms with E-state index in [1.807, 2.05) is 6.07 Å². The molecule has 2 aromatic carbocycles. The van der Waals surface area contributed by atoms with Gasteiger partial charge in [-0.2, -0.15) is 0 Å². The van der Waals surface area contributed by atoms with Crippen LogP contribution >= 0.6 is 24.0 Å². The van der Waals surface area contributed by atoms with Gasteiger partial charge in [-0.15, -0.1) is 12.4 Å². The van der Waals surface area contributed by atoms with Gasteiger partial charge in [0.2, 0.25) is 0 Å². The highest BCUT2D eigenvalue weighted by Gasteiger charge is 2.33. The Labute approximate surface area is 147 Å². The fourth-order valence-corrected chi connectivity index (χ4v) is 3.54. The van der Waals surface area contributed by atoms with Crippen molar-refractivity contribution in [2.75, 3.05) is 19.6 Å². The first kappa shape index (κ1) is 18.2. The van der Waals surface area contributed by atoms with Crippen LogP contribution in [0.15, 0.2) is 48.5 Å². The normalized spacial score (nSPS) is 21.2. The number of benzene rings is 2. The van der Waals surface area contributed by atoms with Crippen molar-refractivity contribution in [2.24, 2.45) is 11.7 Å². The van der Waals surface area contributed by atoms with Gasteiger partial charge in [0.05, 0.1) is 0 Å². The smallest absolute Gasteiger partial charge is 0.129 e. The van der Waals surface area contributed by atoms with Crippen LogP contribution in [0, 0.1) is 11.7 Å². The molecule has 23 heavy (non-hydrogen) atoms. The van der Waals surface area contributed by atoms with E-state index in [0.29, 0.717) is 35.5 Å². The molecule has 0 spiro atoms. The summed E-state index contributed by atoms with van der Waals surface area (Å²) in [5.41, 5.74) is 7.83. The fraction of sp³-hybridized carbons (Fsp3) is 0.333. The molecule has 0 aromatic heterocycles. The molecule has 124 valence electrons. The maximum Gasteiger partial charge on any atom is 0.129 e. The Kier molecular flexibility index (Phi) is 6.42. The van der Waals surface area contributed by atoms with E-state index in [-0.39, 0.29) is 18.2 Å². The zero-order chi connectivity index (χ0) is 15.5. The van der Waals surface area contributed by atoms with Crippen LogP contribution in [0.2, 0.25) is 5.02 Å². The van der Waals surface area contributed by atoms with Gasteiger partial charge in [0.25, 0.3) is 0 Å². The lowest BCUT2D eigenvalue weighted by Gasteiger charge is -2.17. The summed E-state index contributed by atoms with van der Waals surface area (Å²) in [4.78, 5) is 2.25. The molecule has 1 saturated heterocycles. The Morgan fingerprint density at radius 1 is 1.09 bits per heavy atom. The van der Waals surface area contributed by atoms with Crippen molar-refractivity contribution >= 4 is 24.0 Å². The van der Waals surface area contributed by atoms with Crippen LogP contribution in [0.25, 0.3) is 0 Å². The largest absolute Gasteiger partial charge is 0.330 e. The van der Waals surface area contributed by atoms with E-state index in [9.17, 15) is 4.39 Å². The number of nitrogens with two attached hydrogens (primary N) is 1. The van der Waals surface area contributed by atoms with E-state index in [0.717, 1.165) is 13.1 Å². The number of nitrogens with zero attached hydrogens (tertiary/aromatic N) is 1. The Hall–Kier alpha value is -1.13. The highest BCUT2D eigenvalue weighted by atomic mass is 35.5. The Morgan fingerprint density at radius 2 is 1.83 bits per heavy atom. The number of halogens is 3. The maximum atomic E-state index is 14.0. The van der Waals surface area contributed by atoms with Crippen molar-refractivity contribution in [2.45, 2.75) is 12.5 Å². The molecule has 1 aliphatic rings. The van der Waals surface area contributed by atoms with Crippen molar-refractivity contribution in [1.29, 1.82) is 0 Å². The summed E-state index contributed by atoms with van der Waals surface area (Å²) in [5.74, 6) is 0.560. The van der Waals surface area contributed by atoms with Gasteiger partial charge in [0.15, 0.2) is 0 Å². The Balaban J connectivity index is 0.00000192. The Morgan fingerprint density at radius 3 is 2.48 bits per heavy atom. The molecule has 2 nitrogen and oxygen atoms in total. The molecule has 1 aliphatic heterocycles. The maximum absolute atomic E-state index is 14.0. The van der Waals surface area contributed by atoms with Crippen molar-refractivity contribution in [1.82, 2.24) is 4.90 Å². The topological polar surface area (TPSA) is 29.3 Å². The summed E-state index contributed by atoms with van der Waals surface area (Å²) in [6.45, 7) is 2.93. The minimum atomic E-state index is -0.236. The highest BCUT2D eigenvalue weighted by molar-refractivity contribution is 6.31. The molecular weight excluding hydrogens is 334 g/mol. The summed E-state index contributed by atoms with van der Waals surface area (Å²) >= 11 is 6.14. The molecule has 0 saturated carbocycles. The molecule has 1 fully saturated rings. The molecule has 0 unspecified atom stereocenters. The van der Waals surface area contributed by atoms with E-state index in [1.165, 1.54) is 11.6 Å². The predicted octanol–water partition coefficient (Wildman–Crippen LogP) is 4.08. The first-order valence-corrected chi connectivity index (χ1v) is 7.97.